The van der Waals surface area contributed by atoms with Crippen molar-refractivity contribution in [1.29, 1.82) is 0 Å². The van der Waals surface area contributed by atoms with Crippen molar-refractivity contribution in [2.45, 2.75) is 0 Å². The third-order valence-electron chi connectivity index (χ3n) is 12.3. The van der Waals surface area contributed by atoms with Crippen LogP contribution in [-0.4, -0.2) is 19.5 Å². The normalized spacial score (nSPS) is 11.8. The number of benzene rings is 9. The smallest absolute Gasteiger partial charge is 0.164 e. The Morgan fingerprint density at radius 3 is 1.63 bits per heavy atom. The molecule has 63 heavy (non-hydrogen) atoms. The zero-order valence-corrected chi connectivity index (χ0v) is 33.7. The van der Waals surface area contributed by atoms with E-state index in [1.165, 1.54) is 10.8 Å². The molecule has 9 aromatic carbocycles. The summed E-state index contributed by atoms with van der Waals surface area (Å²) in [5.41, 5.74) is 13.2. The minimum Gasteiger partial charge on any atom is -0.456 e. The number of fused-ring (bicyclic) bond motifs is 9. The Bertz CT molecular complexity index is 3880. The van der Waals surface area contributed by atoms with Crippen LogP contribution in [0.15, 0.2) is 215 Å². The number of hydrogen-bond acceptors (Lipinski definition) is 5. The van der Waals surface area contributed by atoms with Crippen molar-refractivity contribution >= 4 is 65.7 Å². The first-order chi connectivity index (χ1) is 31.2. The Morgan fingerprint density at radius 1 is 0.317 bits per heavy atom. The summed E-state index contributed by atoms with van der Waals surface area (Å²) in [6, 6.07) is 71.4. The average Bonchev–Trinajstić information content (AvgIpc) is 4.04. The molecule has 0 fully saturated rings. The summed E-state index contributed by atoms with van der Waals surface area (Å²) in [5, 5.41) is 6.46. The highest BCUT2D eigenvalue weighted by Gasteiger charge is 2.23. The first kappa shape index (κ1) is 35.2. The molecule has 6 nitrogen and oxygen atoms in total. The summed E-state index contributed by atoms with van der Waals surface area (Å²) in [7, 11) is 0. The SMILES string of the molecule is c1ccc(-c2cccc(-c3nc(-c4ccccc4-c4cc(-n5c6ccccc6c6ccccc65)cc5c4oc4ccccc45)nc(-c4cccc5oc6ccccc6c45)n3)c2)cc1. The van der Waals surface area contributed by atoms with Gasteiger partial charge in [-0.05, 0) is 65.2 Å². The summed E-state index contributed by atoms with van der Waals surface area (Å²) in [4.78, 5) is 16.0. The van der Waals surface area contributed by atoms with Gasteiger partial charge >= 0.3 is 0 Å². The van der Waals surface area contributed by atoms with Crippen LogP contribution in [0, 0.1) is 0 Å². The molecule has 0 saturated carbocycles. The number of hydrogen-bond donors (Lipinski definition) is 0. The summed E-state index contributed by atoms with van der Waals surface area (Å²) in [6.45, 7) is 0. The fourth-order valence-electron chi connectivity index (χ4n) is 9.43. The fourth-order valence-corrected chi connectivity index (χ4v) is 9.43. The second-order valence-electron chi connectivity index (χ2n) is 15.9. The zero-order valence-electron chi connectivity index (χ0n) is 33.7. The van der Waals surface area contributed by atoms with E-state index in [9.17, 15) is 0 Å². The van der Waals surface area contributed by atoms with E-state index in [2.05, 4.69) is 162 Å². The Morgan fingerprint density at radius 2 is 0.857 bits per heavy atom. The quantitative estimate of drug-likeness (QED) is 0.167. The molecular formula is C57H34N4O2. The largest absolute Gasteiger partial charge is 0.456 e. The van der Waals surface area contributed by atoms with Crippen LogP contribution >= 0.6 is 0 Å². The van der Waals surface area contributed by atoms with Crippen LogP contribution in [0.3, 0.4) is 0 Å². The molecule has 4 aromatic heterocycles. The van der Waals surface area contributed by atoms with Gasteiger partial charge in [-0.2, -0.15) is 0 Å². The lowest BCUT2D eigenvalue weighted by molar-refractivity contribution is 0.669. The van der Waals surface area contributed by atoms with E-state index in [1.807, 2.05) is 48.5 Å². The molecule has 0 bridgehead atoms. The molecule has 0 spiro atoms. The zero-order chi connectivity index (χ0) is 41.4. The molecule has 0 amide bonds. The minimum atomic E-state index is 0.548. The van der Waals surface area contributed by atoms with Gasteiger partial charge in [0, 0.05) is 60.3 Å². The Hall–Kier alpha value is -8.61. The monoisotopic (exact) mass is 806 g/mol. The number of furan rings is 2. The summed E-state index contributed by atoms with van der Waals surface area (Å²) >= 11 is 0. The van der Waals surface area contributed by atoms with Gasteiger partial charge in [-0.15, -0.1) is 0 Å². The second kappa shape index (κ2) is 14.0. The van der Waals surface area contributed by atoms with Gasteiger partial charge in [0.25, 0.3) is 0 Å². The van der Waals surface area contributed by atoms with Crippen LogP contribution < -0.4 is 0 Å². The third kappa shape index (κ3) is 5.62. The number of nitrogens with zero attached hydrogens (tertiary/aromatic N) is 4. The topological polar surface area (TPSA) is 69.9 Å². The summed E-state index contributed by atoms with van der Waals surface area (Å²) in [5.74, 6) is 1.67. The maximum atomic E-state index is 6.82. The molecule has 0 N–H and O–H groups in total. The Labute approximate surface area is 361 Å². The lowest BCUT2D eigenvalue weighted by Crippen LogP contribution is -2.02. The molecule has 0 unspecified atom stereocenters. The van der Waals surface area contributed by atoms with E-state index in [0.29, 0.717) is 17.5 Å². The first-order valence-corrected chi connectivity index (χ1v) is 21.1. The molecule has 0 aliphatic carbocycles. The molecule has 294 valence electrons. The lowest BCUT2D eigenvalue weighted by Gasteiger charge is -2.15. The summed E-state index contributed by atoms with van der Waals surface area (Å²) < 4.78 is 15.6. The van der Waals surface area contributed by atoms with Gasteiger partial charge in [0.1, 0.15) is 22.3 Å². The standard InChI is InChI=1S/C57H34N4O2/c1-2-16-35(17-3-1)36-18-14-19-37(32-36)55-58-56(60-57(59-55)45-26-15-31-52-53(45)44-25-9-13-30-51(44)62-52)43-24-5-4-20-39(43)46-33-38(34-47-42-23-8-12-29-50(42)63-54(46)47)61-48-27-10-6-21-40(48)41-22-7-11-28-49(41)61/h1-34H. The van der Waals surface area contributed by atoms with Gasteiger partial charge in [0.05, 0.1) is 11.0 Å². The highest BCUT2D eigenvalue weighted by atomic mass is 16.3. The van der Waals surface area contributed by atoms with Crippen LogP contribution in [0.2, 0.25) is 0 Å². The third-order valence-corrected chi connectivity index (χ3v) is 12.3. The van der Waals surface area contributed by atoms with E-state index in [0.717, 1.165) is 99.5 Å². The maximum Gasteiger partial charge on any atom is 0.164 e. The van der Waals surface area contributed by atoms with Gasteiger partial charge in [-0.3, -0.25) is 0 Å². The molecule has 13 rings (SSSR count). The predicted molar refractivity (Wildman–Crippen MR) is 256 cm³/mol. The van der Waals surface area contributed by atoms with Gasteiger partial charge in [-0.25, -0.2) is 15.0 Å². The van der Waals surface area contributed by atoms with E-state index in [1.54, 1.807) is 0 Å². The molecule has 0 aliphatic heterocycles. The lowest BCUT2D eigenvalue weighted by atomic mass is 9.96. The molecule has 4 heterocycles. The van der Waals surface area contributed by atoms with Gasteiger partial charge < -0.3 is 13.4 Å². The predicted octanol–water partition coefficient (Wildman–Crippen LogP) is 15.1. The van der Waals surface area contributed by atoms with Crippen molar-refractivity contribution in [1.82, 2.24) is 19.5 Å². The Kier molecular flexibility index (Phi) is 7.80. The van der Waals surface area contributed by atoms with Crippen LogP contribution in [-0.2, 0) is 0 Å². The van der Waals surface area contributed by atoms with Crippen molar-refractivity contribution < 1.29 is 8.83 Å². The molecule has 0 aliphatic rings. The van der Waals surface area contributed by atoms with Gasteiger partial charge in [0.15, 0.2) is 17.5 Å². The molecule has 6 heteroatoms. The molecule has 0 radical (unpaired) electrons. The van der Waals surface area contributed by atoms with Crippen LogP contribution in [0.5, 0.6) is 0 Å². The molecular weight excluding hydrogens is 773 g/mol. The van der Waals surface area contributed by atoms with Crippen molar-refractivity contribution in [2.75, 3.05) is 0 Å². The molecule has 0 saturated heterocycles. The maximum absolute atomic E-state index is 6.82. The first-order valence-electron chi connectivity index (χ1n) is 21.1. The van der Waals surface area contributed by atoms with Gasteiger partial charge in [0.2, 0.25) is 0 Å². The number of aromatic nitrogens is 4. The average molecular weight is 807 g/mol. The van der Waals surface area contributed by atoms with Crippen molar-refractivity contribution in [2.24, 2.45) is 0 Å². The highest BCUT2D eigenvalue weighted by Crippen LogP contribution is 2.44. The molecule has 0 atom stereocenters. The van der Waals surface area contributed by atoms with Crippen LogP contribution in [0.4, 0.5) is 0 Å². The van der Waals surface area contributed by atoms with Crippen molar-refractivity contribution in [3.05, 3.63) is 206 Å². The molecule has 13 aromatic rings. The highest BCUT2D eigenvalue weighted by molar-refractivity contribution is 6.14. The van der Waals surface area contributed by atoms with Crippen LogP contribution in [0.1, 0.15) is 0 Å². The van der Waals surface area contributed by atoms with Crippen molar-refractivity contribution in [3.8, 4) is 62.1 Å². The van der Waals surface area contributed by atoms with E-state index < -0.39 is 0 Å². The van der Waals surface area contributed by atoms with E-state index >= 15 is 0 Å². The Balaban J connectivity index is 1.09. The van der Waals surface area contributed by atoms with Crippen molar-refractivity contribution in [3.63, 3.8) is 0 Å². The second-order valence-corrected chi connectivity index (χ2v) is 15.9. The fraction of sp³-hybridized carbons (Fsp3) is 0. The van der Waals surface area contributed by atoms with Crippen LogP contribution in [0.25, 0.3) is 128 Å². The summed E-state index contributed by atoms with van der Waals surface area (Å²) in [6.07, 6.45) is 0. The van der Waals surface area contributed by atoms with E-state index in [-0.39, 0.29) is 0 Å². The van der Waals surface area contributed by atoms with E-state index in [4.69, 9.17) is 23.8 Å². The number of para-hydroxylation sites is 4. The minimum absolute atomic E-state index is 0.548. The number of rotatable bonds is 6. The van der Waals surface area contributed by atoms with Gasteiger partial charge in [-0.1, -0.05) is 158 Å².